The molecule has 0 aromatic heterocycles. The minimum atomic E-state index is -4.07. The summed E-state index contributed by atoms with van der Waals surface area (Å²) in [7, 11) is -2.65. The van der Waals surface area contributed by atoms with Gasteiger partial charge in [0.2, 0.25) is 0 Å². The second kappa shape index (κ2) is 10.6. The third-order valence-electron chi connectivity index (χ3n) is 4.95. The summed E-state index contributed by atoms with van der Waals surface area (Å²) in [5.74, 6) is -0.436. The lowest BCUT2D eigenvalue weighted by Crippen LogP contribution is -2.39. The Hall–Kier alpha value is -3.56. The van der Waals surface area contributed by atoms with Crippen molar-refractivity contribution in [3.05, 3.63) is 82.4 Å². The summed E-state index contributed by atoms with van der Waals surface area (Å²) in [5, 5.41) is 13.9. The lowest BCUT2D eigenvalue weighted by atomic mass is 10.2. The van der Waals surface area contributed by atoms with Gasteiger partial charge in [0.25, 0.3) is 15.9 Å². The van der Waals surface area contributed by atoms with Crippen LogP contribution in [0.1, 0.15) is 16.7 Å². The number of carbonyl (C=O) groups is 1. The number of carbonyl (C=O) groups excluding carboxylic acids is 1. The highest BCUT2D eigenvalue weighted by molar-refractivity contribution is 7.92. The standard InChI is InChI=1S/C24H24ClN3O5S/c1-16-4-9-20(10-5-16)34(31,32)28(19-8-6-17(2)21(25)13-19)15-24(30)27-26-14-18-7-11-22(29)23(12-18)33-3/h4-14,29H,15H2,1-3H3,(H,27,30)/b26-14-. The van der Waals surface area contributed by atoms with Crippen LogP contribution in [0.2, 0.25) is 5.02 Å². The Kier molecular flexibility index (Phi) is 7.80. The highest BCUT2D eigenvalue weighted by Crippen LogP contribution is 2.28. The molecule has 178 valence electrons. The Morgan fingerprint density at radius 3 is 2.47 bits per heavy atom. The second-order valence-corrected chi connectivity index (χ2v) is 9.75. The number of halogens is 1. The SMILES string of the molecule is COc1cc(/C=N\NC(=O)CN(c2ccc(C)c(Cl)c2)S(=O)(=O)c2ccc(C)cc2)ccc1O. The molecule has 0 atom stereocenters. The molecule has 0 bridgehead atoms. The fourth-order valence-electron chi connectivity index (χ4n) is 3.01. The highest BCUT2D eigenvalue weighted by Gasteiger charge is 2.27. The van der Waals surface area contributed by atoms with Crippen molar-refractivity contribution < 1.29 is 23.1 Å². The summed E-state index contributed by atoms with van der Waals surface area (Å²) in [5.41, 5.74) is 4.82. The van der Waals surface area contributed by atoms with Crippen LogP contribution in [0.15, 0.2) is 70.7 Å². The smallest absolute Gasteiger partial charge is 0.264 e. The van der Waals surface area contributed by atoms with E-state index in [2.05, 4.69) is 10.5 Å². The molecule has 0 saturated heterocycles. The highest BCUT2D eigenvalue weighted by atomic mass is 35.5. The van der Waals surface area contributed by atoms with Crippen molar-refractivity contribution in [3.63, 3.8) is 0 Å². The number of phenolic OH excluding ortho intramolecular Hbond substituents is 1. The molecule has 0 aliphatic heterocycles. The number of hydrogen-bond acceptors (Lipinski definition) is 6. The van der Waals surface area contributed by atoms with Gasteiger partial charge in [-0.1, -0.05) is 35.4 Å². The van der Waals surface area contributed by atoms with Crippen molar-refractivity contribution in [1.29, 1.82) is 0 Å². The zero-order valence-corrected chi connectivity index (χ0v) is 20.4. The summed E-state index contributed by atoms with van der Waals surface area (Å²) in [4.78, 5) is 12.7. The van der Waals surface area contributed by atoms with Crippen molar-refractivity contribution in [2.75, 3.05) is 18.0 Å². The summed E-state index contributed by atoms with van der Waals surface area (Å²) in [6.45, 7) is 3.12. The number of anilines is 1. The first-order chi connectivity index (χ1) is 16.1. The molecule has 0 fully saturated rings. The molecule has 1 amide bonds. The van der Waals surface area contributed by atoms with Gasteiger partial charge in [0.1, 0.15) is 6.54 Å². The van der Waals surface area contributed by atoms with Gasteiger partial charge in [-0.25, -0.2) is 13.8 Å². The normalized spacial score (nSPS) is 11.4. The molecule has 0 heterocycles. The van der Waals surface area contributed by atoms with Crippen molar-refractivity contribution >= 4 is 39.4 Å². The number of hydrazone groups is 1. The van der Waals surface area contributed by atoms with Gasteiger partial charge < -0.3 is 9.84 Å². The first kappa shape index (κ1) is 25.1. The van der Waals surface area contributed by atoms with Crippen molar-refractivity contribution in [1.82, 2.24) is 5.43 Å². The summed E-state index contributed by atoms with van der Waals surface area (Å²) in [6.07, 6.45) is 1.35. The van der Waals surface area contributed by atoms with Crippen LogP contribution in [0.25, 0.3) is 0 Å². The minimum Gasteiger partial charge on any atom is -0.504 e. The second-order valence-electron chi connectivity index (χ2n) is 7.48. The minimum absolute atomic E-state index is 0.0302. The van der Waals surface area contributed by atoms with E-state index >= 15 is 0 Å². The molecule has 2 N–H and O–H groups in total. The Balaban J connectivity index is 1.85. The Labute approximate surface area is 203 Å². The third-order valence-corrected chi connectivity index (χ3v) is 7.14. The number of benzene rings is 3. The Morgan fingerprint density at radius 1 is 1.12 bits per heavy atom. The number of amides is 1. The molecule has 8 nitrogen and oxygen atoms in total. The first-order valence-corrected chi connectivity index (χ1v) is 12.0. The number of hydrogen-bond donors (Lipinski definition) is 2. The third kappa shape index (κ3) is 5.86. The average molecular weight is 502 g/mol. The summed E-state index contributed by atoms with van der Waals surface area (Å²) >= 11 is 6.22. The van der Waals surface area contributed by atoms with E-state index in [0.29, 0.717) is 10.6 Å². The van der Waals surface area contributed by atoms with Gasteiger partial charge in [0.05, 0.1) is 23.9 Å². The van der Waals surface area contributed by atoms with E-state index in [0.717, 1.165) is 15.4 Å². The number of nitrogens with one attached hydrogen (secondary N) is 1. The van der Waals surface area contributed by atoms with E-state index in [1.165, 1.54) is 43.7 Å². The number of aromatic hydroxyl groups is 1. The maximum Gasteiger partial charge on any atom is 0.264 e. The molecule has 3 aromatic carbocycles. The molecule has 0 aliphatic carbocycles. The lowest BCUT2D eigenvalue weighted by molar-refractivity contribution is -0.119. The molecule has 0 spiro atoms. The van der Waals surface area contributed by atoms with Crippen molar-refractivity contribution in [3.8, 4) is 11.5 Å². The maximum absolute atomic E-state index is 13.4. The maximum atomic E-state index is 13.4. The summed E-state index contributed by atoms with van der Waals surface area (Å²) < 4.78 is 32.8. The molecule has 3 aromatic rings. The Bertz CT molecular complexity index is 1320. The van der Waals surface area contributed by atoms with Crippen LogP contribution < -0.4 is 14.5 Å². The van der Waals surface area contributed by atoms with Crippen LogP contribution in [0, 0.1) is 13.8 Å². The van der Waals surface area contributed by atoms with Gasteiger partial charge in [-0.05, 0) is 67.4 Å². The molecule has 10 heteroatoms. The lowest BCUT2D eigenvalue weighted by Gasteiger charge is -2.24. The molecule has 0 radical (unpaired) electrons. The van der Waals surface area contributed by atoms with Crippen molar-refractivity contribution in [2.45, 2.75) is 18.7 Å². The summed E-state index contributed by atoms with van der Waals surface area (Å²) in [6, 6.07) is 15.7. The number of ether oxygens (including phenoxy) is 1. The van der Waals surface area contributed by atoms with Gasteiger partial charge in [0, 0.05) is 5.02 Å². The zero-order chi connectivity index (χ0) is 24.9. The predicted molar refractivity (Wildman–Crippen MR) is 132 cm³/mol. The molecule has 0 aliphatic rings. The average Bonchev–Trinajstić information content (AvgIpc) is 2.80. The van der Waals surface area contributed by atoms with Crippen LogP contribution in [0.5, 0.6) is 11.5 Å². The number of phenols is 1. The zero-order valence-electron chi connectivity index (χ0n) is 18.8. The van der Waals surface area contributed by atoms with Crippen LogP contribution >= 0.6 is 11.6 Å². The number of rotatable bonds is 8. The molecular weight excluding hydrogens is 478 g/mol. The number of nitrogens with zero attached hydrogens (tertiary/aromatic N) is 2. The first-order valence-electron chi connectivity index (χ1n) is 10.2. The number of sulfonamides is 1. The van der Waals surface area contributed by atoms with E-state index < -0.39 is 22.5 Å². The van der Waals surface area contributed by atoms with E-state index in [4.69, 9.17) is 16.3 Å². The fourth-order valence-corrected chi connectivity index (χ4v) is 4.60. The Morgan fingerprint density at radius 2 is 1.82 bits per heavy atom. The quantitative estimate of drug-likeness (QED) is 0.358. The largest absolute Gasteiger partial charge is 0.504 e. The van der Waals surface area contributed by atoms with E-state index in [9.17, 15) is 18.3 Å². The van der Waals surface area contributed by atoms with Gasteiger partial charge >= 0.3 is 0 Å². The van der Waals surface area contributed by atoms with E-state index in [1.54, 1.807) is 37.3 Å². The van der Waals surface area contributed by atoms with Crippen molar-refractivity contribution in [2.24, 2.45) is 5.10 Å². The van der Waals surface area contributed by atoms with Crippen LogP contribution in [-0.4, -0.2) is 39.3 Å². The molecule has 0 unspecified atom stereocenters. The van der Waals surface area contributed by atoms with E-state index in [1.807, 2.05) is 6.92 Å². The fraction of sp³-hybridized carbons (Fsp3) is 0.167. The molecule has 3 rings (SSSR count). The van der Waals surface area contributed by atoms with Crippen LogP contribution in [0.3, 0.4) is 0 Å². The van der Waals surface area contributed by atoms with Crippen LogP contribution in [0.4, 0.5) is 5.69 Å². The number of aryl methyl sites for hydroxylation is 2. The van der Waals surface area contributed by atoms with Gasteiger partial charge in [-0.3, -0.25) is 9.10 Å². The molecule has 0 saturated carbocycles. The van der Waals surface area contributed by atoms with Gasteiger partial charge in [0.15, 0.2) is 11.5 Å². The molecular formula is C24H24ClN3O5S. The van der Waals surface area contributed by atoms with E-state index in [-0.39, 0.29) is 22.1 Å². The van der Waals surface area contributed by atoms with Crippen LogP contribution in [-0.2, 0) is 14.8 Å². The number of methoxy groups -OCH3 is 1. The van der Waals surface area contributed by atoms with Gasteiger partial charge in [-0.2, -0.15) is 5.10 Å². The molecule has 34 heavy (non-hydrogen) atoms. The topological polar surface area (TPSA) is 108 Å². The van der Waals surface area contributed by atoms with Gasteiger partial charge in [-0.15, -0.1) is 0 Å². The monoisotopic (exact) mass is 501 g/mol. The predicted octanol–water partition coefficient (Wildman–Crippen LogP) is 4.02.